The molecule has 0 spiro atoms. The number of hydrogen-bond donors (Lipinski definition) is 1. The van der Waals surface area contributed by atoms with Crippen molar-refractivity contribution in [2.45, 2.75) is 45.6 Å². The molecule has 0 radical (unpaired) electrons. The Kier molecular flexibility index (Phi) is 2.96. The predicted octanol–water partition coefficient (Wildman–Crippen LogP) is 3.00. The molecule has 12 heavy (non-hydrogen) atoms. The average molecular weight is 165 g/mol. The van der Waals surface area contributed by atoms with Gasteiger partial charge in [0.2, 0.25) is 0 Å². The van der Waals surface area contributed by atoms with Crippen LogP contribution in [0.3, 0.4) is 0 Å². The first-order valence-corrected chi connectivity index (χ1v) is 4.80. The lowest BCUT2D eigenvalue weighted by atomic mass is 9.92. The van der Waals surface area contributed by atoms with Gasteiger partial charge in [-0.1, -0.05) is 31.9 Å². The van der Waals surface area contributed by atoms with Crippen LogP contribution in [0.25, 0.3) is 0 Å². The van der Waals surface area contributed by atoms with Crippen molar-refractivity contribution in [3.8, 4) is 0 Å². The molecule has 1 aliphatic rings. The third-order valence-electron chi connectivity index (χ3n) is 2.34. The van der Waals surface area contributed by atoms with Crippen molar-refractivity contribution in [2.24, 2.45) is 0 Å². The van der Waals surface area contributed by atoms with E-state index < -0.39 is 0 Å². The summed E-state index contributed by atoms with van der Waals surface area (Å²) in [5.74, 6) is 0. The van der Waals surface area contributed by atoms with E-state index in [4.69, 9.17) is 0 Å². The molecule has 0 amide bonds. The summed E-state index contributed by atoms with van der Waals surface area (Å²) in [6.07, 6.45) is 10.3. The Morgan fingerprint density at radius 1 is 1.50 bits per heavy atom. The van der Waals surface area contributed by atoms with Crippen LogP contribution in [-0.2, 0) is 0 Å². The molecule has 1 heterocycles. The largest absolute Gasteiger partial charge is 0.380 e. The first kappa shape index (κ1) is 9.37. The highest BCUT2D eigenvalue weighted by Gasteiger charge is 2.20. The molecule has 1 nitrogen and oxygen atoms in total. The van der Waals surface area contributed by atoms with Gasteiger partial charge in [0.05, 0.1) is 5.54 Å². The topological polar surface area (TPSA) is 12.0 Å². The SMILES string of the molecule is CCCCC1(C)C=CC=C(C)N1. The van der Waals surface area contributed by atoms with Crippen LogP contribution in [0.2, 0.25) is 0 Å². The maximum atomic E-state index is 3.50. The van der Waals surface area contributed by atoms with Crippen molar-refractivity contribution >= 4 is 0 Å². The van der Waals surface area contributed by atoms with Crippen LogP contribution in [-0.4, -0.2) is 5.54 Å². The van der Waals surface area contributed by atoms with Gasteiger partial charge in [-0.2, -0.15) is 0 Å². The molecule has 0 aromatic carbocycles. The lowest BCUT2D eigenvalue weighted by molar-refractivity contribution is 0.426. The lowest BCUT2D eigenvalue weighted by Gasteiger charge is -2.31. The summed E-state index contributed by atoms with van der Waals surface area (Å²) >= 11 is 0. The van der Waals surface area contributed by atoms with Crippen molar-refractivity contribution in [1.82, 2.24) is 5.32 Å². The average Bonchev–Trinajstić information content (AvgIpc) is 2.01. The number of unbranched alkanes of at least 4 members (excludes halogenated alkanes) is 1. The molecule has 1 atom stereocenters. The Hall–Kier alpha value is -0.720. The van der Waals surface area contributed by atoms with Crippen molar-refractivity contribution < 1.29 is 0 Å². The predicted molar refractivity (Wildman–Crippen MR) is 54.0 cm³/mol. The molecule has 0 fully saturated rings. The first-order valence-electron chi connectivity index (χ1n) is 4.80. The van der Waals surface area contributed by atoms with Crippen LogP contribution in [0.15, 0.2) is 23.9 Å². The fourth-order valence-electron chi connectivity index (χ4n) is 1.63. The molecule has 0 saturated carbocycles. The van der Waals surface area contributed by atoms with Gasteiger partial charge in [0.1, 0.15) is 0 Å². The molecule has 1 aliphatic heterocycles. The van der Waals surface area contributed by atoms with E-state index in [0.717, 1.165) is 0 Å². The Morgan fingerprint density at radius 3 is 2.83 bits per heavy atom. The lowest BCUT2D eigenvalue weighted by Crippen LogP contribution is -2.40. The van der Waals surface area contributed by atoms with E-state index in [9.17, 15) is 0 Å². The van der Waals surface area contributed by atoms with Gasteiger partial charge in [-0.25, -0.2) is 0 Å². The third-order valence-corrected chi connectivity index (χ3v) is 2.34. The minimum atomic E-state index is 0.203. The highest BCUT2D eigenvalue weighted by Crippen LogP contribution is 2.20. The normalized spacial score (nSPS) is 28.1. The number of rotatable bonds is 3. The standard InChI is InChI=1S/C11H19N/c1-4-5-8-11(3)9-6-7-10(2)12-11/h6-7,9,12H,4-5,8H2,1-3H3. The summed E-state index contributed by atoms with van der Waals surface area (Å²) < 4.78 is 0. The Bertz CT molecular complexity index is 203. The Labute approximate surface area is 75.6 Å². The van der Waals surface area contributed by atoms with Gasteiger partial charge in [-0.3, -0.25) is 0 Å². The zero-order valence-corrected chi connectivity index (χ0v) is 8.35. The van der Waals surface area contributed by atoms with Gasteiger partial charge >= 0.3 is 0 Å². The monoisotopic (exact) mass is 165 g/mol. The van der Waals surface area contributed by atoms with E-state index in [1.54, 1.807) is 0 Å². The molecule has 1 rings (SSSR count). The molecule has 1 heteroatoms. The number of nitrogens with one attached hydrogen (secondary N) is 1. The third kappa shape index (κ3) is 2.40. The summed E-state index contributed by atoms with van der Waals surface area (Å²) in [6, 6.07) is 0. The fraction of sp³-hybridized carbons (Fsp3) is 0.636. The molecule has 68 valence electrons. The van der Waals surface area contributed by atoms with Crippen LogP contribution in [0.1, 0.15) is 40.0 Å². The van der Waals surface area contributed by atoms with E-state index in [1.165, 1.54) is 25.0 Å². The summed E-state index contributed by atoms with van der Waals surface area (Å²) in [5.41, 5.74) is 1.48. The quantitative estimate of drug-likeness (QED) is 0.678. The van der Waals surface area contributed by atoms with E-state index >= 15 is 0 Å². The maximum absolute atomic E-state index is 3.50. The van der Waals surface area contributed by atoms with Crippen molar-refractivity contribution in [3.63, 3.8) is 0 Å². The summed E-state index contributed by atoms with van der Waals surface area (Å²) in [5, 5.41) is 3.50. The maximum Gasteiger partial charge on any atom is 0.0528 e. The number of hydrogen-bond acceptors (Lipinski definition) is 1. The van der Waals surface area contributed by atoms with Gasteiger partial charge in [0, 0.05) is 5.70 Å². The molecular weight excluding hydrogens is 146 g/mol. The van der Waals surface area contributed by atoms with Crippen LogP contribution < -0.4 is 5.32 Å². The molecule has 0 saturated heterocycles. The number of allylic oxidation sites excluding steroid dienone is 3. The molecule has 1 N–H and O–H groups in total. The van der Waals surface area contributed by atoms with Crippen molar-refractivity contribution in [2.75, 3.05) is 0 Å². The summed E-state index contributed by atoms with van der Waals surface area (Å²) in [7, 11) is 0. The van der Waals surface area contributed by atoms with Crippen LogP contribution in [0, 0.1) is 0 Å². The summed E-state index contributed by atoms with van der Waals surface area (Å²) in [6.45, 7) is 6.61. The summed E-state index contributed by atoms with van der Waals surface area (Å²) in [4.78, 5) is 0. The van der Waals surface area contributed by atoms with Gasteiger partial charge in [-0.05, 0) is 26.3 Å². The number of dihydropyridines is 1. The highest BCUT2D eigenvalue weighted by atomic mass is 15.0. The minimum Gasteiger partial charge on any atom is -0.380 e. The van der Waals surface area contributed by atoms with Crippen molar-refractivity contribution in [1.29, 1.82) is 0 Å². The van der Waals surface area contributed by atoms with Crippen LogP contribution in [0.4, 0.5) is 0 Å². The van der Waals surface area contributed by atoms with E-state index in [2.05, 4.69) is 44.3 Å². The highest BCUT2D eigenvalue weighted by molar-refractivity contribution is 5.23. The van der Waals surface area contributed by atoms with E-state index in [0.29, 0.717) is 0 Å². The molecule has 1 unspecified atom stereocenters. The second kappa shape index (κ2) is 3.79. The molecule has 0 aromatic heterocycles. The van der Waals surface area contributed by atoms with Gasteiger partial charge < -0.3 is 5.32 Å². The Balaban J connectivity index is 2.51. The molecular formula is C11H19N. The van der Waals surface area contributed by atoms with E-state index in [1.807, 2.05) is 0 Å². The van der Waals surface area contributed by atoms with Crippen molar-refractivity contribution in [3.05, 3.63) is 23.9 Å². The van der Waals surface area contributed by atoms with Gasteiger partial charge in [0.15, 0.2) is 0 Å². The smallest absolute Gasteiger partial charge is 0.0528 e. The fourth-order valence-corrected chi connectivity index (χ4v) is 1.63. The zero-order valence-electron chi connectivity index (χ0n) is 8.35. The molecule has 0 bridgehead atoms. The second-order valence-corrected chi connectivity index (χ2v) is 3.85. The first-order chi connectivity index (χ1) is 5.66. The minimum absolute atomic E-state index is 0.203. The Morgan fingerprint density at radius 2 is 2.25 bits per heavy atom. The van der Waals surface area contributed by atoms with Gasteiger partial charge in [-0.15, -0.1) is 0 Å². The van der Waals surface area contributed by atoms with Crippen LogP contribution in [0.5, 0.6) is 0 Å². The second-order valence-electron chi connectivity index (χ2n) is 3.85. The van der Waals surface area contributed by atoms with Crippen LogP contribution >= 0.6 is 0 Å². The van der Waals surface area contributed by atoms with E-state index in [-0.39, 0.29) is 5.54 Å². The molecule has 0 aliphatic carbocycles. The molecule has 0 aromatic rings. The van der Waals surface area contributed by atoms with Gasteiger partial charge in [0.25, 0.3) is 0 Å². The zero-order chi connectivity index (χ0) is 9.03.